The molecule has 0 amide bonds. The molecule has 6 heteroatoms. The van der Waals surface area contributed by atoms with Crippen molar-refractivity contribution in [2.24, 2.45) is 4.99 Å². The Balaban J connectivity index is 2.67. The van der Waals surface area contributed by atoms with E-state index in [0.29, 0.717) is 18.1 Å². The molecule has 0 aliphatic heterocycles. The van der Waals surface area contributed by atoms with Gasteiger partial charge >= 0.3 is 5.97 Å². The van der Waals surface area contributed by atoms with Crippen LogP contribution in [0.2, 0.25) is 23.2 Å². The van der Waals surface area contributed by atoms with Gasteiger partial charge in [-0.3, -0.25) is 4.99 Å². The first-order valence-corrected chi connectivity index (χ1v) is 12.9. The Hall–Kier alpha value is -1.43. The molecule has 0 aliphatic carbocycles. The van der Waals surface area contributed by atoms with Gasteiger partial charge in [-0.2, -0.15) is 0 Å². The third-order valence-corrected chi connectivity index (χ3v) is 10.0. The zero-order chi connectivity index (χ0) is 21.4. The predicted molar refractivity (Wildman–Crippen MR) is 121 cm³/mol. The van der Waals surface area contributed by atoms with Gasteiger partial charge in [-0.05, 0) is 49.2 Å². The number of nitrogens with zero attached hydrogens (tertiary/aromatic N) is 1. The Labute approximate surface area is 176 Å². The van der Waals surface area contributed by atoms with E-state index in [9.17, 15) is 4.79 Å². The lowest BCUT2D eigenvalue weighted by molar-refractivity contribution is -0.146. The van der Waals surface area contributed by atoms with Crippen molar-refractivity contribution in [1.82, 2.24) is 0 Å². The van der Waals surface area contributed by atoms with Gasteiger partial charge in [0.15, 0.2) is 13.9 Å². The summed E-state index contributed by atoms with van der Waals surface area (Å²) >= 11 is 5.90. The van der Waals surface area contributed by atoms with Crippen molar-refractivity contribution in [3.63, 3.8) is 0 Å². The number of aliphatic imine (C=N–C) groups is 1. The van der Waals surface area contributed by atoms with Crippen LogP contribution in [0, 0.1) is 0 Å². The summed E-state index contributed by atoms with van der Waals surface area (Å²) in [6, 6.07) is 7.30. The molecular weight excluding hydrogens is 390 g/mol. The van der Waals surface area contributed by atoms with E-state index in [0.717, 1.165) is 12.0 Å². The van der Waals surface area contributed by atoms with Crippen LogP contribution in [0.15, 0.2) is 41.4 Å². The minimum absolute atomic E-state index is 0.205. The number of rotatable bonds is 9. The van der Waals surface area contributed by atoms with Gasteiger partial charge in [-0.1, -0.05) is 56.7 Å². The van der Waals surface area contributed by atoms with E-state index in [1.807, 2.05) is 24.3 Å². The summed E-state index contributed by atoms with van der Waals surface area (Å²) < 4.78 is 11.1. The van der Waals surface area contributed by atoms with E-state index in [4.69, 9.17) is 20.8 Å². The monoisotopic (exact) mass is 423 g/mol. The summed E-state index contributed by atoms with van der Waals surface area (Å²) in [6.07, 6.45) is 6.98. The molecule has 1 aromatic rings. The van der Waals surface area contributed by atoms with Crippen LogP contribution in [-0.2, 0) is 14.0 Å². The van der Waals surface area contributed by atoms with Crippen molar-refractivity contribution in [3.8, 4) is 0 Å². The number of ether oxygens (including phenoxy) is 1. The van der Waals surface area contributed by atoms with E-state index < -0.39 is 13.9 Å². The van der Waals surface area contributed by atoms with E-state index >= 15 is 0 Å². The number of methoxy groups -OCH3 is 1. The highest BCUT2D eigenvalue weighted by Crippen LogP contribution is 2.36. The van der Waals surface area contributed by atoms with Gasteiger partial charge in [0.1, 0.15) is 0 Å². The summed E-state index contributed by atoms with van der Waals surface area (Å²) in [5.41, 5.74) is -0.0863. The first-order valence-electron chi connectivity index (χ1n) is 9.59. The maximum absolute atomic E-state index is 12.3. The number of hydrogen-bond donors (Lipinski definition) is 0. The molecule has 0 saturated heterocycles. The average Bonchev–Trinajstić information content (AvgIpc) is 2.62. The van der Waals surface area contributed by atoms with Gasteiger partial charge in [-0.15, -0.1) is 0 Å². The van der Waals surface area contributed by atoms with Crippen LogP contribution in [0.4, 0.5) is 0 Å². The van der Waals surface area contributed by atoms with Crippen LogP contribution >= 0.6 is 11.6 Å². The third kappa shape index (κ3) is 7.53. The number of carbonyl (C=O) groups is 1. The quantitative estimate of drug-likeness (QED) is 0.160. The molecule has 0 saturated carbocycles. The second-order valence-corrected chi connectivity index (χ2v) is 13.9. The van der Waals surface area contributed by atoms with Crippen molar-refractivity contribution >= 4 is 32.1 Å². The van der Waals surface area contributed by atoms with Crippen molar-refractivity contribution in [1.29, 1.82) is 0 Å². The number of hydrogen-bond acceptors (Lipinski definition) is 4. The molecule has 1 unspecified atom stereocenters. The standard InChI is InChI=1S/C22H34ClNO3Si/c1-21(2,3)28(6,7)27-16-10-8-9-15-22(4,20(25)26-5)24-17-18-11-13-19(23)14-12-18/h8-9,11-14,17H,10,15-16H2,1-7H3/b9-8+,24-17?. The molecule has 0 radical (unpaired) electrons. The van der Waals surface area contributed by atoms with Crippen LogP contribution in [0.3, 0.4) is 0 Å². The smallest absolute Gasteiger partial charge is 0.333 e. The predicted octanol–water partition coefficient (Wildman–Crippen LogP) is 6.05. The third-order valence-electron chi connectivity index (χ3n) is 5.23. The topological polar surface area (TPSA) is 47.9 Å². The summed E-state index contributed by atoms with van der Waals surface area (Å²) in [5.74, 6) is -0.361. The Morgan fingerprint density at radius 2 is 1.75 bits per heavy atom. The highest BCUT2D eigenvalue weighted by Gasteiger charge is 2.36. The molecule has 1 aromatic carbocycles. The zero-order valence-corrected chi connectivity index (χ0v) is 20.0. The maximum atomic E-state index is 12.3. The van der Waals surface area contributed by atoms with E-state index in [2.05, 4.69) is 38.9 Å². The van der Waals surface area contributed by atoms with E-state index in [1.54, 1.807) is 25.3 Å². The van der Waals surface area contributed by atoms with Gasteiger partial charge in [0.2, 0.25) is 0 Å². The number of benzene rings is 1. The highest BCUT2D eigenvalue weighted by molar-refractivity contribution is 6.74. The second kappa shape index (κ2) is 10.4. The molecule has 28 heavy (non-hydrogen) atoms. The highest BCUT2D eigenvalue weighted by atomic mass is 35.5. The lowest BCUT2D eigenvalue weighted by atomic mass is 9.98. The maximum Gasteiger partial charge on any atom is 0.333 e. The number of carbonyl (C=O) groups excluding carboxylic acids is 1. The van der Waals surface area contributed by atoms with Crippen molar-refractivity contribution in [2.75, 3.05) is 13.7 Å². The van der Waals surface area contributed by atoms with Crippen LogP contribution in [0.1, 0.15) is 46.1 Å². The Morgan fingerprint density at radius 1 is 1.14 bits per heavy atom. The SMILES string of the molecule is COC(=O)C(C)(C/C=C/CCO[Si](C)(C)C(C)(C)C)N=Cc1ccc(Cl)cc1. The molecule has 0 aliphatic rings. The molecule has 0 bridgehead atoms. The van der Waals surface area contributed by atoms with Crippen LogP contribution in [0.5, 0.6) is 0 Å². The first kappa shape index (κ1) is 24.6. The van der Waals surface area contributed by atoms with Crippen LogP contribution in [0.25, 0.3) is 0 Å². The van der Waals surface area contributed by atoms with Gasteiger partial charge in [0.25, 0.3) is 0 Å². The summed E-state index contributed by atoms with van der Waals surface area (Å²) in [5, 5.41) is 0.868. The molecule has 1 rings (SSSR count). The fraction of sp³-hybridized carbons (Fsp3) is 0.545. The van der Waals surface area contributed by atoms with Crippen molar-refractivity contribution in [2.45, 2.75) is 64.2 Å². The molecule has 0 aromatic heterocycles. The zero-order valence-electron chi connectivity index (χ0n) is 18.2. The molecule has 0 heterocycles. The molecule has 156 valence electrons. The normalized spacial score (nSPS) is 15.1. The number of esters is 1. The van der Waals surface area contributed by atoms with Crippen molar-refractivity contribution < 1.29 is 14.0 Å². The lowest BCUT2D eigenvalue weighted by Crippen LogP contribution is -2.40. The largest absolute Gasteiger partial charge is 0.467 e. The van der Waals surface area contributed by atoms with Gasteiger partial charge in [-0.25, -0.2) is 4.79 Å². The molecule has 0 N–H and O–H groups in total. The Bertz CT molecular complexity index is 693. The minimum atomic E-state index is -1.72. The summed E-state index contributed by atoms with van der Waals surface area (Å²) in [4.78, 5) is 16.8. The van der Waals surface area contributed by atoms with Gasteiger partial charge in [0.05, 0.1) is 7.11 Å². The van der Waals surface area contributed by atoms with Gasteiger partial charge < -0.3 is 9.16 Å². The molecular formula is C22H34ClNO3Si. The minimum Gasteiger partial charge on any atom is -0.467 e. The average molecular weight is 424 g/mol. The lowest BCUT2D eigenvalue weighted by Gasteiger charge is -2.36. The van der Waals surface area contributed by atoms with Gasteiger partial charge in [0, 0.05) is 24.3 Å². The molecule has 0 spiro atoms. The second-order valence-electron chi connectivity index (χ2n) is 8.65. The Morgan fingerprint density at radius 3 is 2.29 bits per heavy atom. The molecule has 1 atom stereocenters. The summed E-state index contributed by atoms with van der Waals surface area (Å²) in [6.45, 7) is 13.7. The molecule has 4 nitrogen and oxygen atoms in total. The Kier molecular flexibility index (Phi) is 9.12. The molecule has 0 fully saturated rings. The van der Waals surface area contributed by atoms with E-state index in [-0.39, 0.29) is 11.0 Å². The van der Waals surface area contributed by atoms with Crippen molar-refractivity contribution in [3.05, 3.63) is 47.0 Å². The summed E-state index contributed by atoms with van der Waals surface area (Å²) in [7, 11) is -0.336. The van der Waals surface area contributed by atoms with E-state index in [1.165, 1.54) is 7.11 Å². The number of halogens is 1. The van der Waals surface area contributed by atoms with Crippen LogP contribution < -0.4 is 0 Å². The van der Waals surface area contributed by atoms with Crippen LogP contribution in [-0.4, -0.2) is 39.8 Å². The first-order chi connectivity index (χ1) is 12.9. The fourth-order valence-electron chi connectivity index (χ4n) is 2.20. The fourth-order valence-corrected chi connectivity index (χ4v) is 3.39.